The summed E-state index contributed by atoms with van der Waals surface area (Å²) in [6, 6.07) is 16.1. The van der Waals surface area contributed by atoms with Crippen LogP contribution in [0.2, 0.25) is 5.02 Å². The molecule has 0 radical (unpaired) electrons. The molecule has 158 valence electrons. The van der Waals surface area contributed by atoms with Crippen molar-refractivity contribution in [2.45, 2.75) is 0 Å². The van der Waals surface area contributed by atoms with Gasteiger partial charge in [0.15, 0.2) is 5.84 Å². The second-order valence-corrected chi connectivity index (χ2v) is 7.94. The number of ether oxygens (including phenoxy) is 1. The van der Waals surface area contributed by atoms with E-state index >= 15 is 0 Å². The molecule has 7 heteroatoms. The Bertz CT molecular complexity index is 893. The Morgan fingerprint density at radius 3 is 2.50 bits per heavy atom. The molecular weight excluding hydrogens is 398 g/mol. The molecule has 0 aromatic heterocycles. The molecular formula is C23H28ClN5O. The zero-order valence-corrected chi connectivity index (χ0v) is 18.1. The number of halogens is 1. The third kappa shape index (κ3) is 4.55. The van der Waals surface area contributed by atoms with E-state index in [1.54, 1.807) is 7.11 Å². The Labute approximate surface area is 183 Å². The highest BCUT2D eigenvalue weighted by Gasteiger charge is 2.26. The molecule has 0 bridgehead atoms. The van der Waals surface area contributed by atoms with Crippen LogP contribution >= 0.6 is 11.6 Å². The van der Waals surface area contributed by atoms with E-state index in [4.69, 9.17) is 21.4 Å². The van der Waals surface area contributed by atoms with E-state index in [1.165, 1.54) is 5.69 Å². The molecule has 0 unspecified atom stereocenters. The molecule has 1 saturated heterocycles. The summed E-state index contributed by atoms with van der Waals surface area (Å²) in [5.41, 5.74) is 2.24. The maximum atomic E-state index is 6.05. The van der Waals surface area contributed by atoms with Crippen molar-refractivity contribution >= 4 is 23.1 Å². The summed E-state index contributed by atoms with van der Waals surface area (Å²) in [6.07, 6.45) is 1.92. The van der Waals surface area contributed by atoms with Crippen LogP contribution in [0.4, 0.5) is 5.69 Å². The van der Waals surface area contributed by atoms with Crippen molar-refractivity contribution in [1.29, 1.82) is 0 Å². The van der Waals surface area contributed by atoms with Gasteiger partial charge in [-0.2, -0.15) is 5.10 Å². The van der Waals surface area contributed by atoms with E-state index in [-0.39, 0.29) is 0 Å². The fraction of sp³-hybridized carbons (Fsp3) is 0.348. The van der Waals surface area contributed by atoms with Gasteiger partial charge in [-0.1, -0.05) is 29.8 Å². The number of benzene rings is 2. The average molecular weight is 426 g/mol. The van der Waals surface area contributed by atoms with Crippen molar-refractivity contribution in [3.63, 3.8) is 0 Å². The number of hydrogen-bond donors (Lipinski definition) is 0. The first-order valence-electron chi connectivity index (χ1n) is 10.2. The minimum Gasteiger partial charge on any atom is -0.495 e. The predicted molar refractivity (Wildman–Crippen MR) is 123 cm³/mol. The predicted octanol–water partition coefficient (Wildman–Crippen LogP) is 3.55. The maximum Gasteiger partial charge on any atom is 0.157 e. The molecule has 6 nitrogen and oxygen atoms in total. The molecule has 0 spiro atoms. The SMILES string of the molecule is C=CCN1CN(CN2CCN(c3ccccc3OC)CC2)N=C1c1ccc(Cl)cc1. The summed E-state index contributed by atoms with van der Waals surface area (Å²) in [5.74, 6) is 1.90. The molecule has 30 heavy (non-hydrogen) atoms. The molecule has 0 aliphatic carbocycles. The normalized spacial score (nSPS) is 17.3. The van der Waals surface area contributed by atoms with Crippen LogP contribution in [0.15, 0.2) is 66.3 Å². The monoisotopic (exact) mass is 425 g/mol. The van der Waals surface area contributed by atoms with Gasteiger partial charge in [0, 0.05) is 43.3 Å². The Hall–Kier alpha value is -2.70. The van der Waals surface area contributed by atoms with Gasteiger partial charge in [0.05, 0.1) is 19.5 Å². The minimum absolute atomic E-state index is 0.734. The van der Waals surface area contributed by atoms with Gasteiger partial charge in [-0.05, 0) is 36.4 Å². The fourth-order valence-corrected chi connectivity index (χ4v) is 4.09. The van der Waals surface area contributed by atoms with Crippen LogP contribution in [-0.4, -0.2) is 73.8 Å². The highest BCUT2D eigenvalue weighted by atomic mass is 35.5. The van der Waals surface area contributed by atoms with Crippen LogP contribution in [0.5, 0.6) is 5.75 Å². The highest BCUT2D eigenvalue weighted by Crippen LogP contribution is 2.28. The molecule has 0 atom stereocenters. The van der Waals surface area contributed by atoms with E-state index in [9.17, 15) is 0 Å². The maximum absolute atomic E-state index is 6.05. The minimum atomic E-state index is 0.734. The number of anilines is 1. The van der Waals surface area contributed by atoms with Crippen molar-refractivity contribution in [1.82, 2.24) is 14.8 Å². The molecule has 2 aromatic rings. The number of hydrogen-bond acceptors (Lipinski definition) is 6. The summed E-state index contributed by atoms with van der Waals surface area (Å²) < 4.78 is 5.53. The third-order valence-corrected chi connectivity index (χ3v) is 5.73. The van der Waals surface area contributed by atoms with Crippen LogP contribution in [-0.2, 0) is 0 Å². The molecule has 1 fully saturated rings. The van der Waals surface area contributed by atoms with E-state index in [0.29, 0.717) is 0 Å². The molecule has 2 aromatic carbocycles. The van der Waals surface area contributed by atoms with Crippen molar-refractivity contribution < 1.29 is 4.74 Å². The van der Waals surface area contributed by atoms with Gasteiger partial charge >= 0.3 is 0 Å². The summed E-state index contributed by atoms with van der Waals surface area (Å²) in [5, 5.41) is 7.76. The lowest BCUT2D eigenvalue weighted by molar-refractivity contribution is 0.116. The molecule has 2 aliphatic heterocycles. The third-order valence-electron chi connectivity index (χ3n) is 5.48. The van der Waals surface area contributed by atoms with Crippen molar-refractivity contribution in [3.8, 4) is 5.75 Å². The molecule has 0 N–H and O–H groups in total. The summed E-state index contributed by atoms with van der Waals surface area (Å²) in [7, 11) is 1.73. The average Bonchev–Trinajstić information content (AvgIpc) is 3.17. The lowest BCUT2D eigenvalue weighted by atomic mass is 10.2. The van der Waals surface area contributed by atoms with Gasteiger partial charge in [0.2, 0.25) is 0 Å². The smallest absolute Gasteiger partial charge is 0.157 e. The molecule has 0 saturated carbocycles. The first-order valence-corrected chi connectivity index (χ1v) is 10.6. The Kier molecular flexibility index (Phi) is 6.45. The van der Waals surface area contributed by atoms with Crippen molar-refractivity contribution in [3.05, 3.63) is 71.8 Å². The van der Waals surface area contributed by atoms with Crippen LogP contribution in [0.1, 0.15) is 5.56 Å². The number of piperazine rings is 1. The van der Waals surface area contributed by atoms with Crippen LogP contribution < -0.4 is 9.64 Å². The molecule has 2 aliphatic rings. The largest absolute Gasteiger partial charge is 0.495 e. The molecule has 0 amide bonds. The van der Waals surface area contributed by atoms with Gasteiger partial charge in [-0.15, -0.1) is 6.58 Å². The molecule has 4 rings (SSSR count). The number of methoxy groups -OCH3 is 1. The summed E-state index contributed by atoms with van der Waals surface area (Å²) in [6.45, 7) is 10.1. The summed E-state index contributed by atoms with van der Waals surface area (Å²) >= 11 is 6.05. The van der Waals surface area contributed by atoms with E-state index in [0.717, 1.165) is 68.2 Å². The van der Waals surface area contributed by atoms with E-state index < -0.39 is 0 Å². The highest BCUT2D eigenvalue weighted by molar-refractivity contribution is 6.30. The second kappa shape index (κ2) is 9.41. The number of nitrogens with zero attached hydrogens (tertiary/aromatic N) is 5. The zero-order valence-electron chi connectivity index (χ0n) is 17.4. The van der Waals surface area contributed by atoms with E-state index in [1.807, 2.05) is 42.5 Å². The van der Waals surface area contributed by atoms with Crippen molar-refractivity contribution in [2.75, 3.05) is 58.1 Å². The first-order chi connectivity index (χ1) is 14.7. The Morgan fingerprint density at radius 1 is 1.07 bits per heavy atom. The quantitative estimate of drug-likeness (QED) is 0.634. The number of para-hydroxylation sites is 2. The van der Waals surface area contributed by atoms with Gasteiger partial charge in [-0.3, -0.25) is 9.91 Å². The zero-order chi connectivity index (χ0) is 20.9. The van der Waals surface area contributed by atoms with Crippen LogP contribution in [0, 0.1) is 0 Å². The number of hydrazone groups is 1. The number of amidine groups is 1. The molecule has 2 heterocycles. The Morgan fingerprint density at radius 2 is 1.80 bits per heavy atom. The van der Waals surface area contributed by atoms with Gasteiger partial charge in [-0.25, -0.2) is 0 Å². The lowest BCUT2D eigenvalue weighted by Crippen LogP contribution is -2.49. The summed E-state index contributed by atoms with van der Waals surface area (Å²) in [4.78, 5) is 7.08. The van der Waals surface area contributed by atoms with E-state index in [2.05, 4.69) is 38.4 Å². The van der Waals surface area contributed by atoms with Crippen molar-refractivity contribution in [2.24, 2.45) is 5.10 Å². The second-order valence-electron chi connectivity index (χ2n) is 7.51. The topological polar surface area (TPSA) is 34.5 Å². The fourth-order valence-electron chi connectivity index (χ4n) is 3.96. The lowest BCUT2D eigenvalue weighted by Gasteiger charge is -2.37. The Balaban J connectivity index is 1.39. The van der Waals surface area contributed by atoms with Gasteiger partial charge < -0.3 is 14.5 Å². The van der Waals surface area contributed by atoms with Gasteiger partial charge in [0.1, 0.15) is 12.4 Å². The van der Waals surface area contributed by atoms with Crippen LogP contribution in [0.25, 0.3) is 0 Å². The van der Waals surface area contributed by atoms with Crippen LogP contribution in [0.3, 0.4) is 0 Å². The first kappa shape index (κ1) is 20.6. The standard InChI is InChI=1S/C23H28ClN5O/c1-3-12-28-18-29(25-23(28)19-8-10-20(24)11-9-19)17-26-13-15-27(16-14-26)21-6-4-5-7-22(21)30-2/h3-11H,1,12-18H2,2H3. The number of rotatable bonds is 7. The van der Waals surface area contributed by atoms with Gasteiger partial charge in [0.25, 0.3) is 0 Å².